The number of β-amino-alcohol motifs (C(OH)–C–C–N with tert-alkyl or cyclic N) is 1. The van der Waals surface area contributed by atoms with Crippen molar-refractivity contribution in [3.05, 3.63) is 30.1 Å². The third kappa shape index (κ3) is 4.00. The average Bonchev–Trinajstić information content (AvgIpc) is 2.48. The number of piperazine rings is 1. The maximum Gasteiger partial charge on any atom is 0.0664 e. The van der Waals surface area contributed by atoms with Gasteiger partial charge in [0.25, 0.3) is 0 Å². The van der Waals surface area contributed by atoms with Gasteiger partial charge in [0.1, 0.15) is 0 Å². The van der Waals surface area contributed by atoms with Crippen molar-refractivity contribution in [3.8, 4) is 0 Å². The van der Waals surface area contributed by atoms with Crippen molar-refractivity contribution in [1.29, 1.82) is 0 Å². The topological polar surface area (TPSA) is 39.6 Å². The summed E-state index contributed by atoms with van der Waals surface area (Å²) in [5, 5.41) is 9.70. The third-order valence-electron chi connectivity index (χ3n) is 4.06. The number of aliphatic hydroxyl groups excluding tert-OH is 1. The summed E-state index contributed by atoms with van der Waals surface area (Å²) in [6, 6.07) is 4.57. The molecule has 0 aliphatic carbocycles. The minimum Gasteiger partial charge on any atom is -0.392 e. The molecule has 1 aliphatic rings. The molecule has 1 fully saturated rings. The molecule has 4 heteroatoms. The Morgan fingerprint density at radius 2 is 2.05 bits per heavy atom. The van der Waals surface area contributed by atoms with Gasteiger partial charge in [-0.15, -0.1) is 0 Å². The Bertz CT molecular complexity index is 363. The van der Waals surface area contributed by atoms with Gasteiger partial charge >= 0.3 is 0 Å². The number of hydrogen-bond donors (Lipinski definition) is 1. The molecule has 4 nitrogen and oxygen atoms in total. The van der Waals surface area contributed by atoms with E-state index in [1.54, 1.807) is 0 Å². The molecule has 2 heterocycles. The molecule has 19 heavy (non-hydrogen) atoms. The second kappa shape index (κ2) is 6.98. The molecule has 2 unspecified atom stereocenters. The Morgan fingerprint density at radius 1 is 1.32 bits per heavy atom. The Labute approximate surface area is 116 Å². The Balaban J connectivity index is 1.83. The molecular formula is C15H25N3O. The summed E-state index contributed by atoms with van der Waals surface area (Å²) in [5.74, 6) is 0. The van der Waals surface area contributed by atoms with Gasteiger partial charge in [-0.05, 0) is 25.0 Å². The lowest BCUT2D eigenvalue weighted by molar-refractivity contribution is 0.0578. The maximum absolute atomic E-state index is 9.70. The highest BCUT2D eigenvalue weighted by atomic mass is 16.3. The fourth-order valence-corrected chi connectivity index (χ4v) is 2.59. The molecule has 0 spiro atoms. The quantitative estimate of drug-likeness (QED) is 0.874. The van der Waals surface area contributed by atoms with E-state index >= 15 is 0 Å². The van der Waals surface area contributed by atoms with E-state index in [1.807, 2.05) is 25.4 Å². The highest BCUT2D eigenvalue weighted by Crippen LogP contribution is 2.20. The first kappa shape index (κ1) is 14.4. The molecular weight excluding hydrogens is 238 g/mol. The van der Waals surface area contributed by atoms with E-state index < -0.39 is 0 Å². The summed E-state index contributed by atoms with van der Waals surface area (Å²) in [4.78, 5) is 9.05. The average molecular weight is 263 g/mol. The van der Waals surface area contributed by atoms with Crippen LogP contribution in [-0.4, -0.2) is 58.7 Å². The second-order valence-corrected chi connectivity index (χ2v) is 5.36. The van der Waals surface area contributed by atoms with Crippen LogP contribution in [0.4, 0.5) is 0 Å². The van der Waals surface area contributed by atoms with E-state index in [2.05, 4.69) is 27.8 Å². The summed E-state index contributed by atoms with van der Waals surface area (Å²) in [5.41, 5.74) is 1.28. The molecule has 0 radical (unpaired) electrons. The smallest absolute Gasteiger partial charge is 0.0664 e. The molecule has 0 amide bonds. The van der Waals surface area contributed by atoms with E-state index in [0.29, 0.717) is 6.04 Å². The van der Waals surface area contributed by atoms with Crippen LogP contribution in [0.3, 0.4) is 0 Å². The molecule has 1 saturated heterocycles. The van der Waals surface area contributed by atoms with Crippen molar-refractivity contribution in [2.75, 3.05) is 32.7 Å². The van der Waals surface area contributed by atoms with Crippen molar-refractivity contribution in [1.82, 2.24) is 14.8 Å². The van der Waals surface area contributed by atoms with Crippen LogP contribution in [0.2, 0.25) is 0 Å². The van der Waals surface area contributed by atoms with E-state index in [1.165, 1.54) is 5.56 Å². The zero-order valence-corrected chi connectivity index (χ0v) is 12.0. The number of nitrogens with zero attached hydrogens (tertiary/aromatic N) is 3. The first-order valence-electron chi connectivity index (χ1n) is 7.25. The van der Waals surface area contributed by atoms with Crippen molar-refractivity contribution in [2.24, 2.45) is 0 Å². The number of hydrogen-bond acceptors (Lipinski definition) is 4. The van der Waals surface area contributed by atoms with Gasteiger partial charge in [0, 0.05) is 51.2 Å². The minimum absolute atomic E-state index is 0.178. The van der Waals surface area contributed by atoms with Gasteiger partial charge in [-0.2, -0.15) is 0 Å². The van der Waals surface area contributed by atoms with Gasteiger partial charge in [0.2, 0.25) is 0 Å². The van der Waals surface area contributed by atoms with Crippen molar-refractivity contribution in [3.63, 3.8) is 0 Å². The molecule has 0 saturated carbocycles. The number of pyridine rings is 1. The van der Waals surface area contributed by atoms with Crippen LogP contribution >= 0.6 is 0 Å². The minimum atomic E-state index is -0.178. The Kier molecular flexibility index (Phi) is 5.31. The van der Waals surface area contributed by atoms with E-state index in [-0.39, 0.29) is 6.10 Å². The van der Waals surface area contributed by atoms with Gasteiger partial charge in [-0.3, -0.25) is 14.8 Å². The van der Waals surface area contributed by atoms with Gasteiger partial charge in [0.15, 0.2) is 0 Å². The lowest BCUT2D eigenvalue weighted by Gasteiger charge is -2.38. The molecule has 106 valence electrons. The largest absolute Gasteiger partial charge is 0.392 e. The standard InChI is InChI=1S/C15H25N3O/c1-3-15(19)12-17-7-9-18(10-8-17)13(2)14-5-4-6-16-11-14/h4-6,11,13,15,19H,3,7-10,12H2,1-2H3. The summed E-state index contributed by atoms with van der Waals surface area (Å²) in [6.45, 7) is 9.30. The molecule has 0 aromatic carbocycles. The lowest BCUT2D eigenvalue weighted by atomic mass is 10.1. The molecule has 1 N–H and O–H groups in total. The van der Waals surface area contributed by atoms with Crippen molar-refractivity contribution in [2.45, 2.75) is 32.4 Å². The van der Waals surface area contributed by atoms with Crippen LogP contribution in [-0.2, 0) is 0 Å². The first-order valence-corrected chi connectivity index (χ1v) is 7.25. The lowest BCUT2D eigenvalue weighted by Crippen LogP contribution is -2.49. The first-order chi connectivity index (χ1) is 9.20. The highest BCUT2D eigenvalue weighted by Gasteiger charge is 2.22. The molecule has 2 atom stereocenters. The highest BCUT2D eigenvalue weighted by molar-refractivity contribution is 5.13. The van der Waals surface area contributed by atoms with Crippen LogP contribution < -0.4 is 0 Å². The van der Waals surface area contributed by atoms with E-state index in [9.17, 15) is 5.11 Å². The van der Waals surface area contributed by atoms with Crippen LogP contribution in [0, 0.1) is 0 Å². The number of rotatable bonds is 5. The molecule has 0 bridgehead atoms. The van der Waals surface area contributed by atoms with E-state index in [0.717, 1.165) is 39.1 Å². The number of aromatic nitrogens is 1. The monoisotopic (exact) mass is 263 g/mol. The van der Waals surface area contributed by atoms with Crippen LogP contribution in [0.25, 0.3) is 0 Å². The normalized spacial score (nSPS) is 21.2. The fourth-order valence-electron chi connectivity index (χ4n) is 2.59. The SMILES string of the molecule is CCC(O)CN1CCN(C(C)c2cccnc2)CC1. The Morgan fingerprint density at radius 3 is 2.63 bits per heavy atom. The molecule has 1 aromatic heterocycles. The van der Waals surface area contributed by atoms with Crippen molar-refractivity contribution < 1.29 is 5.11 Å². The summed E-state index contributed by atoms with van der Waals surface area (Å²) >= 11 is 0. The van der Waals surface area contributed by atoms with Gasteiger partial charge in [-0.25, -0.2) is 0 Å². The van der Waals surface area contributed by atoms with Crippen LogP contribution in [0.15, 0.2) is 24.5 Å². The predicted octanol–water partition coefficient (Wildman–Crippen LogP) is 1.53. The molecule has 2 rings (SSSR count). The number of aliphatic hydroxyl groups is 1. The molecule has 1 aromatic rings. The fraction of sp³-hybridized carbons (Fsp3) is 0.667. The molecule has 1 aliphatic heterocycles. The maximum atomic E-state index is 9.70. The third-order valence-corrected chi connectivity index (χ3v) is 4.06. The van der Waals surface area contributed by atoms with Crippen molar-refractivity contribution >= 4 is 0 Å². The summed E-state index contributed by atoms with van der Waals surface area (Å²) < 4.78 is 0. The predicted molar refractivity (Wildman–Crippen MR) is 77.0 cm³/mol. The van der Waals surface area contributed by atoms with Gasteiger partial charge in [-0.1, -0.05) is 13.0 Å². The van der Waals surface area contributed by atoms with Gasteiger partial charge < -0.3 is 5.11 Å². The Hall–Kier alpha value is -0.970. The summed E-state index contributed by atoms with van der Waals surface area (Å²) in [7, 11) is 0. The van der Waals surface area contributed by atoms with Gasteiger partial charge in [0.05, 0.1) is 6.10 Å². The summed E-state index contributed by atoms with van der Waals surface area (Å²) in [6.07, 6.45) is 4.44. The zero-order valence-electron chi connectivity index (χ0n) is 12.0. The zero-order chi connectivity index (χ0) is 13.7. The second-order valence-electron chi connectivity index (χ2n) is 5.36. The van der Waals surface area contributed by atoms with Crippen LogP contribution in [0.5, 0.6) is 0 Å². The van der Waals surface area contributed by atoms with E-state index in [4.69, 9.17) is 0 Å². The van der Waals surface area contributed by atoms with Crippen LogP contribution in [0.1, 0.15) is 31.9 Å².